The van der Waals surface area contributed by atoms with Crippen molar-refractivity contribution in [3.05, 3.63) is 0 Å². The third-order valence-corrected chi connectivity index (χ3v) is 1.79. The van der Waals surface area contributed by atoms with Gasteiger partial charge in [-0.15, -0.1) is 0 Å². The number of unbranched alkanes of at least 4 members (excludes halogenated alkanes) is 2. The highest BCUT2D eigenvalue weighted by atomic mass is 16.7. The Labute approximate surface area is 91.3 Å². The summed E-state index contributed by atoms with van der Waals surface area (Å²) in [5.41, 5.74) is 4.99. The molecule has 0 unspecified atom stereocenters. The summed E-state index contributed by atoms with van der Waals surface area (Å²) in [7, 11) is 0. The zero-order valence-corrected chi connectivity index (χ0v) is 9.62. The highest BCUT2D eigenvalue weighted by Gasteiger charge is 2.09. The van der Waals surface area contributed by atoms with E-state index >= 15 is 0 Å². The van der Waals surface area contributed by atoms with Gasteiger partial charge in [-0.05, 0) is 12.8 Å². The fourth-order valence-electron chi connectivity index (χ4n) is 0.917. The first kappa shape index (κ1) is 14.2. The largest absolute Gasteiger partial charge is 0.352 e. The third kappa shape index (κ3) is 9.49. The molecule has 0 aromatic carbocycles. The molecule has 0 fully saturated rings. The number of nitrogens with one attached hydrogen (secondary N) is 1. The summed E-state index contributed by atoms with van der Waals surface area (Å²) in [5, 5.41) is 2.39. The number of ether oxygens (including phenoxy) is 2. The maximum Gasteiger partial charge on any atom is 0.316 e. The molecule has 0 spiro atoms. The summed E-state index contributed by atoms with van der Waals surface area (Å²) in [5.74, 6) is 0. The van der Waals surface area contributed by atoms with Gasteiger partial charge in [0, 0.05) is 0 Å². The summed E-state index contributed by atoms with van der Waals surface area (Å²) in [6, 6.07) is -0.631. The summed E-state index contributed by atoms with van der Waals surface area (Å²) < 4.78 is 10.6. The zero-order chi connectivity index (χ0) is 11.5. The molecule has 15 heavy (non-hydrogen) atoms. The lowest BCUT2D eigenvalue weighted by molar-refractivity contribution is -0.153. The van der Waals surface area contributed by atoms with Gasteiger partial charge in [-0.3, -0.25) is 5.32 Å². The Hall–Kier alpha value is -0.810. The first-order chi connectivity index (χ1) is 7.20. The molecule has 3 N–H and O–H groups in total. The minimum atomic E-state index is -0.708. The molecular weight excluding hydrogens is 196 g/mol. The van der Waals surface area contributed by atoms with Crippen molar-refractivity contribution >= 4 is 6.03 Å². The Morgan fingerprint density at radius 2 is 1.67 bits per heavy atom. The monoisotopic (exact) mass is 218 g/mol. The Morgan fingerprint density at radius 1 is 1.20 bits per heavy atom. The molecule has 5 nitrogen and oxygen atoms in total. The minimum absolute atomic E-state index is 0.563. The average molecular weight is 218 g/mol. The van der Waals surface area contributed by atoms with Crippen LogP contribution in [0.2, 0.25) is 0 Å². The fraction of sp³-hybridized carbons (Fsp3) is 0.900. The van der Waals surface area contributed by atoms with Crippen LogP contribution in [-0.4, -0.2) is 25.7 Å². The lowest BCUT2D eigenvalue weighted by Gasteiger charge is -2.18. The topological polar surface area (TPSA) is 73.6 Å². The van der Waals surface area contributed by atoms with Crippen molar-refractivity contribution in [3.63, 3.8) is 0 Å². The van der Waals surface area contributed by atoms with Gasteiger partial charge in [-0.1, -0.05) is 26.7 Å². The van der Waals surface area contributed by atoms with Crippen molar-refractivity contribution in [1.82, 2.24) is 5.32 Å². The van der Waals surface area contributed by atoms with Gasteiger partial charge in [-0.2, -0.15) is 0 Å². The number of rotatable bonds is 9. The molecule has 90 valence electrons. The first-order valence-electron chi connectivity index (χ1n) is 5.49. The number of amides is 2. The smallest absolute Gasteiger partial charge is 0.316 e. The van der Waals surface area contributed by atoms with Crippen molar-refractivity contribution < 1.29 is 14.3 Å². The predicted molar refractivity (Wildman–Crippen MR) is 58.2 cm³/mol. The zero-order valence-electron chi connectivity index (χ0n) is 9.62. The summed E-state index contributed by atoms with van der Waals surface area (Å²) >= 11 is 0. The molecule has 2 amide bonds. The van der Waals surface area contributed by atoms with Crippen LogP contribution in [0, 0.1) is 0 Å². The van der Waals surface area contributed by atoms with Crippen LogP contribution in [0.15, 0.2) is 0 Å². The van der Waals surface area contributed by atoms with Crippen molar-refractivity contribution in [1.29, 1.82) is 0 Å². The molecule has 0 radical (unpaired) electrons. The van der Waals surface area contributed by atoms with Gasteiger partial charge in [0.15, 0.2) is 0 Å². The highest BCUT2D eigenvalue weighted by molar-refractivity contribution is 5.71. The predicted octanol–water partition coefficient (Wildman–Crippen LogP) is 1.57. The fourth-order valence-corrected chi connectivity index (χ4v) is 0.917. The quantitative estimate of drug-likeness (QED) is 0.455. The van der Waals surface area contributed by atoms with Gasteiger partial charge in [-0.25, -0.2) is 4.79 Å². The Balaban J connectivity index is 3.68. The van der Waals surface area contributed by atoms with Crippen molar-refractivity contribution in [2.45, 2.75) is 45.9 Å². The maximum atomic E-state index is 10.6. The Bertz CT molecular complexity index is 155. The third-order valence-electron chi connectivity index (χ3n) is 1.79. The van der Waals surface area contributed by atoms with Gasteiger partial charge in [0.25, 0.3) is 0 Å². The van der Waals surface area contributed by atoms with Crippen LogP contribution in [0.3, 0.4) is 0 Å². The minimum Gasteiger partial charge on any atom is -0.352 e. The molecule has 0 bridgehead atoms. The molecule has 0 aromatic rings. The van der Waals surface area contributed by atoms with E-state index in [2.05, 4.69) is 19.2 Å². The normalized spacial score (nSPS) is 10.6. The van der Waals surface area contributed by atoms with E-state index in [1.165, 1.54) is 0 Å². The van der Waals surface area contributed by atoms with Crippen LogP contribution >= 0.6 is 0 Å². The van der Waals surface area contributed by atoms with E-state index in [4.69, 9.17) is 15.2 Å². The molecule has 0 aliphatic carbocycles. The molecule has 0 rings (SSSR count). The van der Waals surface area contributed by atoms with Crippen LogP contribution in [0.25, 0.3) is 0 Å². The second kappa shape index (κ2) is 9.73. The Morgan fingerprint density at radius 3 is 2.00 bits per heavy atom. The molecule has 5 heteroatoms. The Kier molecular flexibility index (Phi) is 9.21. The maximum absolute atomic E-state index is 10.6. The number of urea groups is 1. The number of hydrogen-bond acceptors (Lipinski definition) is 3. The van der Waals surface area contributed by atoms with Gasteiger partial charge in [0.05, 0.1) is 13.2 Å². The molecule has 0 aliphatic heterocycles. The van der Waals surface area contributed by atoms with Crippen LogP contribution in [-0.2, 0) is 9.47 Å². The molecule has 0 aromatic heterocycles. The van der Waals surface area contributed by atoms with Crippen LogP contribution in [0.5, 0.6) is 0 Å². The molecule has 0 heterocycles. The lowest BCUT2D eigenvalue weighted by atomic mass is 10.4. The number of carbonyl (C=O) groups is 1. The number of carbonyl (C=O) groups excluding carboxylic acids is 1. The van der Waals surface area contributed by atoms with Gasteiger partial charge >= 0.3 is 6.03 Å². The molecule has 0 saturated heterocycles. The summed E-state index contributed by atoms with van der Waals surface area (Å²) in [6.45, 7) is 5.26. The van der Waals surface area contributed by atoms with Crippen molar-refractivity contribution in [2.75, 3.05) is 13.2 Å². The highest BCUT2D eigenvalue weighted by Crippen LogP contribution is 1.97. The lowest BCUT2D eigenvalue weighted by Crippen LogP contribution is -2.42. The summed E-state index contributed by atoms with van der Waals surface area (Å²) in [6.07, 6.45) is 3.25. The summed E-state index contributed by atoms with van der Waals surface area (Å²) in [4.78, 5) is 10.6. The van der Waals surface area contributed by atoms with Gasteiger partial charge in [0.2, 0.25) is 6.41 Å². The SMILES string of the molecule is CCCCOC(NC(N)=O)OCCCC. The molecule has 0 saturated carbocycles. The number of nitrogens with two attached hydrogens (primary N) is 1. The van der Waals surface area contributed by atoms with E-state index in [1.807, 2.05) is 0 Å². The van der Waals surface area contributed by atoms with Crippen LogP contribution < -0.4 is 11.1 Å². The molecule has 0 atom stereocenters. The average Bonchev–Trinajstić information content (AvgIpc) is 2.17. The van der Waals surface area contributed by atoms with E-state index < -0.39 is 12.4 Å². The van der Waals surface area contributed by atoms with E-state index in [0.717, 1.165) is 25.7 Å². The second-order valence-electron chi connectivity index (χ2n) is 3.29. The van der Waals surface area contributed by atoms with E-state index in [9.17, 15) is 4.79 Å². The van der Waals surface area contributed by atoms with Crippen LogP contribution in [0.4, 0.5) is 4.79 Å². The second-order valence-corrected chi connectivity index (χ2v) is 3.29. The van der Waals surface area contributed by atoms with Gasteiger partial charge < -0.3 is 15.2 Å². The van der Waals surface area contributed by atoms with E-state index in [1.54, 1.807) is 0 Å². The molecular formula is C10H22N2O3. The van der Waals surface area contributed by atoms with Crippen molar-refractivity contribution in [3.8, 4) is 0 Å². The van der Waals surface area contributed by atoms with Crippen LogP contribution in [0.1, 0.15) is 39.5 Å². The van der Waals surface area contributed by atoms with Crippen molar-refractivity contribution in [2.24, 2.45) is 5.73 Å². The number of primary amides is 1. The van der Waals surface area contributed by atoms with E-state index in [-0.39, 0.29) is 0 Å². The number of hydrogen-bond donors (Lipinski definition) is 2. The molecule has 0 aliphatic rings. The standard InChI is InChI=1S/C10H22N2O3/c1-3-5-7-14-10(12-9(11)13)15-8-6-4-2/h10H,3-8H2,1-2H3,(H3,11,12,13). The van der Waals surface area contributed by atoms with E-state index in [0.29, 0.717) is 13.2 Å². The first-order valence-corrected chi connectivity index (χ1v) is 5.49. The van der Waals surface area contributed by atoms with Gasteiger partial charge in [0.1, 0.15) is 0 Å².